The molecular weight excluding hydrogens is 495 g/mol. The number of pyridine rings is 1. The van der Waals surface area contributed by atoms with Crippen LogP contribution in [-0.2, 0) is 18.9 Å². The molecular formula is C23H27BF2N3O8. The summed E-state index contributed by atoms with van der Waals surface area (Å²) in [6.07, 6.45) is 2.95. The number of methoxy groups -OCH3 is 1. The highest BCUT2D eigenvalue weighted by Crippen LogP contribution is 2.44. The number of carboxylic acid groups (broad SMARTS) is 1. The number of nitrogens with zero attached hydrogens (tertiary/aromatic N) is 2. The Hall–Kier alpha value is -3.68. The Morgan fingerprint density at radius 3 is 2.27 bits per heavy atom. The highest BCUT2D eigenvalue weighted by Gasteiger charge is 2.36. The second kappa shape index (κ2) is 11.6. The van der Waals surface area contributed by atoms with Crippen LogP contribution in [0.15, 0.2) is 17.1 Å². The molecule has 2 heterocycles. The lowest BCUT2D eigenvalue weighted by atomic mass is 10.1. The fraction of sp³-hybridized carbons (Fsp3) is 0.478. The first-order valence-electron chi connectivity index (χ1n) is 11.4. The number of ether oxygens (including phenoxy) is 1. The maximum absolute atomic E-state index is 15.1. The number of fused-ring (bicyclic) bond motifs is 1. The van der Waals surface area contributed by atoms with Crippen LogP contribution in [0.2, 0.25) is 0 Å². The SMILES string of the molecule is CC(=O)O[B]OC(C)=O.COc1c(N2CC(N)C(CF)C2)c(F)cc2c(=O)c(C(=O)O)cn(C3CC3)c12. The minimum atomic E-state index is -1.36. The van der Waals surface area contributed by atoms with E-state index in [-0.39, 0.29) is 36.0 Å². The second-order valence-electron chi connectivity index (χ2n) is 8.75. The fourth-order valence-electron chi connectivity index (χ4n) is 4.13. The highest BCUT2D eigenvalue weighted by atomic mass is 19.1. The molecule has 3 N–H and O–H groups in total. The van der Waals surface area contributed by atoms with Gasteiger partial charge in [-0.25, -0.2) is 9.18 Å². The Bertz CT molecular complexity index is 1250. The minimum absolute atomic E-state index is 0.0211. The van der Waals surface area contributed by atoms with Crippen LogP contribution in [0, 0.1) is 11.7 Å². The van der Waals surface area contributed by atoms with Gasteiger partial charge in [-0.15, -0.1) is 0 Å². The molecule has 199 valence electrons. The lowest BCUT2D eigenvalue weighted by Gasteiger charge is -2.24. The fourth-order valence-corrected chi connectivity index (χ4v) is 4.13. The topological polar surface area (TPSA) is 150 Å². The molecule has 1 aliphatic carbocycles. The van der Waals surface area contributed by atoms with E-state index >= 15 is 4.39 Å². The Morgan fingerprint density at radius 1 is 1.19 bits per heavy atom. The Morgan fingerprint density at radius 2 is 1.81 bits per heavy atom. The van der Waals surface area contributed by atoms with Crippen LogP contribution in [-0.4, -0.2) is 68.2 Å². The normalized spacial score (nSPS) is 18.6. The number of hydrogen-bond acceptors (Lipinski definition) is 9. The van der Waals surface area contributed by atoms with Crippen molar-refractivity contribution in [2.45, 2.75) is 38.8 Å². The number of aromatic carboxylic acids is 1. The highest BCUT2D eigenvalue weighted by molar-refractivity contribution is 6.25. The van der Waals surface area contributed by atoms with E-state index < -0.39 is 53.4 Å². The van der Waals surface area contributed by atoms with Gasteiger partial charge in [0.2, 0.25) is 5.43 Å². The second-order valence-corrected chi connectivity index (χ2v) is 8.75. The molecule has 2 unspecified atom stereocenters. The van der Waals surface area contributed by atoms with Crippen LogP contribution in [0.3, 0.4) is 0 Å². The van der Waals surface area contributed by atoms with Gasteiger partial charge in [-0.2, -0.15) is 0 Å². The van der Waals surface area contributed by atoms with Crippen LogP contribution >= 0.6 is 0 Å². The molecule has 1 saturated heterocycles. The molecule has 0 amide bonds. The maximum Gasteiger partial charge on any atom is 0.662 e. The molecule has 4 rings (SSSR count). The zero-order valence-electron chi connectivity index (χ0n) is 20.5. The van der Waals surface area contributed by atoms with E-state index in [1.807, 2.05) is 0 Å². The van der Waals surface area contributed by atoms with E-state index in [4.69, 9.17) is 10.5 Å². The van der Waals surface area contributed by atoms with Gasteiger partial charge < -0.3 is 34.4 Å². The van der Waals surface area contributed by atoms with Crippen LogP contribution in [0.5, 0.6) is 5.75 Å². The zero-order valence-corrected chi connectivity index (χ0v) is 20.5. The smallest absolute Gasteiger partial charge is 0.500 e. The van der Waals surface area contributed by atoms with Crippen molar-refractivity contribution in [3.05, 3.63) is 33.9 Å². The number of carbonyl (C=O) groups excluding carboxylic acids is 2. The van der Waals surface area contributed by atoms with Crippen LogP contribution in [0.1, 0.15) is 43.1 Å². The molecule has 2 fully saturated rings. The van der Waals surface area contributed by atoms with Gasteiger partial charge >= 0.3 is 13.7 Å². The molecule has 1 aromatic heterocycles. The van der Waals surface area contributed by atoms with Crippen molar-refractivity contribution in [2.24, 2.45) is 11.7 Å². The largest absolute Gasteiger partial charge is 0.662 e. The Kier molecular flexibility index (Phi) is 8.74. The minimum Gasteiger partial charge on any atom is -0.500 e. The first-order valence-corrected chi connectivity index (χ1v) is 11.4. The van der Waals surface area contributed by atoms with E-state index in [0.717, 1.165) is 18.9 Å². The van der Waals surface area contributed by atoms with Crippen molar-refractivity contribution in [1.29, 1.82) is 0 Å². The summed E-state index contributed by atoms with van der Waals surface area (Å²) in [5.74, 6) is -3.39. The quantitative estimate of drug-likeness (QED) is 0.513. The molecule has 2 atom stereocenters. The summed E-state index contributed by atoms with van der Waals surface area (Å²) in [7, 11) is 2.07. The first kappa shape index (κ1) is 27.9. The predicted molar refractivity (Wildman–Crippen MR) is 129 cm³/mol. The number of benzene rings is 1. The van der Waals surface area contributed by atoms with Crippen molar-refractivity contribution in [1.82, 2.24) is 4.57 Å². The number of carbonyl (C=O) groups is 3. The third-order valence-corrected chi connectivity index (χ3v) is 6.01. The van der Waals surface area contributed by atoms with E-state index in [2.05, 4.69) is 9.31 Å². The van der Waals surface area contributed by atoms with Crippen LogP contribution in [0.4, 0.5) is 14.5 Å². The summed E-state index contributed by atoms with van der Waals surface area (Å²) >= 11 is 0. The van der Waals surface area contributed by atoms with Crippen molar-refractivity contribution >= 4 is 42.2 Å². The standard InChI is InChI=1S/C19H21F2N3O4.C4H6BO4/c1-28-18-15-11(17(25)12(19(26)27)7-24(15)10-2-3-10)4-13(21)16(18)23-6-9(5-20)14(22)8-23;1-3(6)8-5-9-4(2)7/h4,7,9-10,14H,2-3,5-6,8,22H2,1H3,(H,26,27);1-2H3. The van der Waals surface area contributed by atoms with E-state index in [1.165, 1.54) is 27.2 Å². The molecule has 2 aromatic rings. The van der Waals surface area contributed by atoms with E-state index in [1.54, 1.807) is 9.47 Å². The molecule has 1 radical (unpaired) electrons. The number of nitrogens with two attached hydrogens (primary N) is 1. The molecule has 0 spiro atoms. The Labute approximate surface area is 211 Å². The molecule has 37 heavy (non-hydrogen) atoms. The van der Waals surface area contributed by atoms with E-state index in [9.17, 15) is 28.7 Å². The average Bonchev–Trinajstić information content (AvgIpc) is 3.60. The molecule has 11 nitrogen and oxygen atoms in total. The van der Waals surface area contributed by atoms with Gasteiger partial charge in [-0.1, -0.05) is 0 Å². The number of aromatic nitrogens is 1. The summed E-state index contributed by atoms with van der Waals surface area (Å²) in [4.78, 5) is 45.7. The third-order valence-electron chi connectivity index (χ3n) is 6.01. The van der Waals surface area contributed by atoms with Crippen molar-refractivity contribution in [3.8, 4) is 5.75 Å². The third kappa shape index (κ3) is 6.19. The zero-order chi connectivity index (χ0) is 27.4. The summed E-state index contributed by atoms with van der Waals surface area (Å²) in [6, 6.07) is 0.632. The number of rotatable bonds is 7. The van der Waals surface area contributed by atoms with E-state index in [0.29, 0.717) is 13.2 Å². The van der Waals surface area contributed by atoms with Gasteiger partial charge in [-0.3, -0.25) is 18.8 Å². The molecule has 1 aromatic carbocycles. The van der Waals surface area contributed by atoms with Crippen LogP contribution < -0.4 is 20.8 Å². The summed E-state index contributed by atoms with van der Waals surface area (Å²) in [5, 5.41) is 9.32. The molecule has 1 saturated carbocycles. The van der Waals surface area contributed by atoms with Crippen molar-refractivity contribution in [3.63, 3.8) is 0 Å². The van der Waals surface area contributed by atoms with Gasteiger partial charge in [0.05, 0.1) is 24.7 Å². The Balaban J connectivity index is 0.000000364. The molecule has 0 bridgehead atoms. The summed E-state index contributed by atoms with van der Waals surface area (Å²) in [6.45, 7) is 2.30. The number of anilines is 1. The molecule has 2 aliphatic rings. The lowest BCUT2D eigenvalue weighted by molar-refractivity contribution is -0.136. The van der Waals surface area contributed by atoms with Crippen molar-refractivity contribution in [2.75, 3.05) is 31.8 Å². The maximum atomic E-state index is 15.1. The average molecular weight is 522 g/mol. The van der Waals surface area contributed by atoms with Gasteiger partial charge in [0.25, 0.3) is 11.9 Å². The van der Waals surface area contributed by atoms with Gasteiger partial charge in [-0.05, 0) is 18.9 Å². The lowest BCUT2D eigenvalue weighted by Crippen LogP contribution is -2.30. The molecule has 14 heteroatoms. The number of halogens is 2. The number of alkyl halides is 1. The number of hydrogen-bond donors (Lipinski definition) is 2. The predicted octanol–water partition coefficient (Wildman–Crippen LogP) is 1.56. The van der Waals surface area contributed by atoms with Gasteiger partial charge in [0.1, 0.15) is 11.3 Å². The number of carboxylic acids is 1. The van der Waals surface area contributed by atoms with Gasteiger partial charge in [0.15, 0.2) is 11.6 Å². The first-order chi connectivity index (χ1) is 17.5. The monoisotopic (exact) mass is 522 g/mol. The summed E-state index contributed by atoms with van der Waals surface area (Å²) in [5.41, 5.74) is 5.28. The van der Waals surface area contributed by atoms with Crippen LogP contribution in [0.25, 0.3) is 10.9 Å². The van der Waals surface area contributed by atoms with Crippen molar-refractivity contribution < 1.29 is 42.3 Å². The summed E-state index contributed by atoms with van der Waals surface area (Å²) < 4.78 is 43.8. The molecule has 1 aliphatic heterocycles. The van der Waals surface area contributed by atoms with Gasteiger partial charge in [0, 0.05) is 51.1 Å².